The molecule has 0 aromatic rings. The highest BCUT2D eigenvalue weighted by Gasteiger charge is 2.34. The van der Waals surface area contributed by atoms with Gasteiger partial charge in [-0.1, -0.05) is 90.9 Å². The zero-order valence-corrected chi connectivity index (χ0v) is 27.8. The number of aliphatic hydroxyl groups is 2. The molecule has 0 fully saturated rings. The second-order valence-electron chi connectivity index (χ2n) is 13.8. The van der Waals surface area contributed by atoms with Gasteiger partial charge in [0.1, 0.15) is 0 Å². The quantitative estimate of drug-likeness (QED) is 0.0831. The predicted molar refractivity (Wildman–Crippen MR) is 172 cm³/mol. The third-order valence-electron chi connectivity index (χ3n) is 9.53. The van der Waals surface area contributed by atoms with E-state index in [4.69, 9.17) is 9.84 Å². The molecule has 3 N–H and O–H groups in total. The number of rotatable bonds is 23. The van der Waals surface area contributed by atoms with Crippen LogP contribution in [0.25, 0.3) is 0 Å². The van der Waals surface area contributed by atoms with E-state index in [9.17, 15) is 15.0 Å². The van der Waals surface area contributed by atoms with Crippen molar-refractivity contribution in [3.05, 3.63) is 23.3 Å². The van der Waals surface area contributed by atoms with Crippen LogP contribution in [0.2, 0.25) is 0 Å². The Morgan fingerprint density at radius 3 is 2.37 bits per heavy atom. The summed E-state index contributed by atoms with van der Waals surface area (Å²) < 4.78 is 6.45. The monoisotopic (exact) mass is 578 g/mol. The molecule has 0 aromatic carbocycles. The molecule has 1 aliphatic rings. The van der Waals surface area contributed by atoms with Crippen LogP contribution in [0.5, 0.6) is 0 Å². The normalized spacial score (nSPS) is 24.5. The van der Waals surface area contributed by atoms with Crippen molar-refractivity contribution in [3.63, 3.8) is 0 Å². The molecule has 0 saturated carbocycles. The highest BCUT2D eigenvalue weighted by atomic mass is 16.5. The number of aliphatic carboxylic acids is 1. The lowest BCUT2D eigenvalue weighted by Crippen LogP contribution is -2.39. The molecular formula is C36H66O5. The van der Waals surface area contributed by atoms with Gasteiger partial charge in [0, 0.05) is 6.61 Å². The van der Waals surface area contributed by atoms with E-state index in [1.54, 1.807) is 6.92 Å². The molecule has 0 aliphatic heterocycles. The molecule has 7 atom stereocenters. The third-order valence-corrected chi connectivity index (χ3v) is 9.53. The number of aliphatic hydroxyl groups excluding tert-OH is 1. The van der Waals surface area contributed by atoms with Crippen molar-refractivity contribution in [2.24, 2.45) is 23.7 Å². The number of carboxylic acid groups (broad SMARTS) is 1. The number of carboxylic acids is 1. The molecule has 240 valence electrons. The Hall–Kier alpha value is -1.17. The van der Waals surface area contributed by atoms with Crippen LogP contribution in [0.15, 0.2) is 23.3 Å². The number of hydrogen-bond acceptors (Lipinski definition) is 4. The van der Waals surface area contributed by atoms with Crippen molar-refractivity contribution in [2.75, 3.05) is 6.61 Å². The second-order valence-corrected chi connectivity index (χ2v) is 13.8. The molecule has 0 heterocycles. The van der Waals surface area contributed by atoms with Gasteiger partial charge in [-0.15, -0.1) is 0 Å². The Morgan fingerprint density at radius 2 is 1.68 bits per heavy atom. The summed E-state index contributed by atoms with van der Waals surface area (Å²) in [6.07, 6.45) is 20.9. The first-order valence-corrected chi connectivity index (χ1v) is 17.0. The van der Waals surface area contributed by atoms with Crippen LogP contribution in [0.3, 0.4) is 0 Å². The average molecular weight is 579 g/mol. The molecule has 5 heteroatoms. The van der Waals surface area contributed by atoms with Crippen LogP contribution in [-0.2, 0) is 9.53 Å². The summed E-state index contributed by atoms with van der Waals surface area (Å²) in [4.78, 5) is 11.0. The molecular weight excluding hydrogens is 512 g/mol. The summed E-state index contributed by atoms with van der Waals surface area (Å²) in [6.45, 7) is 15.6. The fourth-order valence-corrected chi connectivity index (χ4v) is 6.02. The summed E-state index contributed by atoms with van der Waals surface area (Å²) in [5.74, 6) is 0.0811. The standard InChI is InChI=1S/C36H66O5/c1-8-9-10-11-12-13-25-41-34-31(6)30(5)33(37)26-32(34)22-21-28(3)18-14-17-27(2)19-15-23-36(7,40)24-16-20-29(4)35(38)39/h19,26,28-31,33-34,37,40H,8-18,20-25H2,1-7H3,(H,38,39). The molecule has 0 saturated heterocycles. The smallest absolute Gasteiger partial charge is 0.306 e. The van der Waals surface area contributed by atoms with Crippen molar-refractivity contribution in [3.8, 4) is 0 Å². The lowest BCUT2D eigenvalue weighted by molar-refractivity contribution is -0.141. The maximum absolute atomic E-state index is 11.0. The predicted octanol–water partition coefficient (Wildman–Crippen LogP) is 9.26. The summed E-state index contributed by atoms with van der Waals surface area (Å²) in [7, 11) is 0. The Balaban J connectivity index is 2.38. The van der Waals surface area contributed by atoms with Gasteiger partial charge >= 0.3 is 5.97 Å². The fourth-order valence-electron chi connectivity index (χ4n) is 6.02. The summed E-state index contributed by atoms with van der Waals surface area (Å²) in [5.41, 5.74) is 1.95. The molecule has 0 spiro atoms. The largest absolute Gasteiger partial charge is 0.481 e. The van der Waals surface area contributed by atoms with Gasteiger partial charge in [-0.3, -0.25) is 4.79 Å². The molecule has 0 amide bonds. The molecule has 1 rings (SSSR count). The van der Waals surface area contributed by atoms with Crippen LogP contribution >= 0.6 is 0 Å². The Labute approximate surface area is 253 Å². The molecule has 7 unspecified atom stereocenters. The van der Waals surface area contributed by atoms with E-state index in [1.165, 1.54) is 56.1 Å². The van der Waals surface area contributed by atoms with Crippen molar-refractivity contribution >= 4 is 5.97 Å². The van der Waals surface area contributed by atoms with Gasteiger partial charge in [-0.05, 0) is 101 Å². The van der Waals surface area contributed by atoms with E-state index >= 15 is 0 Å². The minimum absolute atomic E-state index is 0.138. The van der Waals surface area contributed by atoms with Gasteiger partial charge in [-0.25, -0.2) is 0 Å². The van der Waals surface area contributed by atoms with Crippen LogP contribution < -0.4 is 0 Å². The highest BCUT2D eigenvalue weighted by Crippen LogP contribution is 2.35. The number of ether oxygens (including phenoxy) is 1. The molecule has 0 bridgehead atoms. The van der Waals surface area contributed by atoms with E-state index in [1.807, 2.05) is 6.92 Å². The zero-order valence-electron chi connectivity index (χ0n) is 27.8. The maximum atomic E-state index is 11.0. The minimum atomic E-state index is -0.761. The summed E-state index contributed by atoms with van der Waals surface area (Å²) in [6, 6.07) is 0. The minimum Gasteiger partial charge on any atom is -0.481 e. The van der Waals surface area contributed by atoms with E-state index in [0.29, 0.717) is 31.1 Å². The zero-order chi connectivity index (χ0) is 30.8. The number of carbonyl (C=O) groups is 1. The van der Waals surface area contributed by atoms with Gasteiger partial charge in [0.2, 0.25) is 0 Å². The van der Waals surface area contributed by atoms with Crippen LogP contribution in [0.4, 0.5) is 0 Å². The molecule has 0 aromatic heterocycles. The van der Waals surface area contributed by atoms with Crippen LogP contribution in [-0.4, -0.2) is 45.7 Å². The number of unbranched alkanes of at least 4 members (excludes halogenated alkanes) is 5. The molecule has 5 nitrogen and oxygen atoms in total. The lowest BCUT2D eigenvalue weighted by atomic mass is 9.76. The van der Waals surface area contributed by atoms with Crippen LogP contribution in [0.1, 0.15) is 151 Å². The fraction of sp³-hybridized carbons (Fsp3) is 0.861. The third kappa shape index (κ3) is 16.3. The molecule has 41 heavy (non-hydrogen) atoms. The Kier molecular flexibility index (Phi) is 19.1. The van der Waals surface area contributed by atoms with Crippen molar-refractivity contribution in [1.82, 2.24) is 0 Å². The first-order valence-electron chi connectivity index (χ1n) is 17.0. The van der Waals surface area contributed by atoms with Crippen LogP contribution in [0, 0.1) is 23.7 Å². The Bertz CT molecular complexity index is 770. The second kappa shape index (κ2) is 20.7. The van der Waals surface area contributed by atoms with E-state index in [0.717, 1.165) is 45.1 Å². The van der Waals surface area contributed by atoms with E-state index in [-0.39, 0.29) is 24.0 Å². The van der Waals surface area contributed by atoms with Crippen molar-refractivity contribution in [2.45, 2.75) is 169 Å². The van der Waals surface area contributed by atoms with E-state index < -0.39 is 11.6 Å². The Morgan fingerprint density at radius 1 is 1.00 bits per heavy atom. The van der Waals surface area contributed by atoms with Gasteiger partial charge in [0.15, 0.2) is 0 Å². The van der Waals surface area contributed by atoms with Gasteiger partial charge in [0.25, 0.3) is 0 Å². The summed E-state index contributed by atoms with van der Waals surface area (Å²) in [5, 5.41) is 30.3. The average Bonchev–Trinajstić information content (AvgIpc) is 2.90. The first-order chi connectivity index (χ1) is 19.4. The molecule has 0 radical (unpaired) electrons. The van der Waals surface area contributed by atoms with Gasteiger partial charge in [0.05, 0.1) is 23.7 Å². The lowest BCUT2D eigenvalue weighted by Gasteiger charge is -2.38. The topological polar surface area (TPSA) is 87.0 Å². The SMILES string of the molecule is CCCCCCCCOC1C(CCC(C)CCCC(C)=CCCC(C)(O)CCCC(C)C(=O)O)=CC(O)C(C)C1C. The highest BCUT2D eigenvalue weighted by molar-refractivity contribution is 5.69. The van der Waals surface area contributed by atoms with Gasteiger partial charge in [-0.2, -0.15) is 0 Å². The first kappa shape index (κ1) is 37.9. The molecule has 1 aliphatic carbocycles. The number of allylic oxidation sites excluding steroid dienone is 2. The number of hydrogen-bond donors (Lipinski definition) is 3. The summed E-state index contributed by atoms with van der Waals surface area (Å²) >= 11 is 0. The van der Waals surface area contributed by atoms with Gasteiger partial charge < -0.3 is 20.1 Å². The van der Waals surface area contributed by atoms with Crippen molar-refractivity contribution in [1.29, 1.82) is 0 Å². The van der Waals surface area contributed by atoms with Crippen molar-refractivity contribution < 1.29 is 24.9 Å². The maximum Gasteiger partial charge on any atom is 0.306 e. The van der Waals surface area contributed by atoms with E-state index in [2.05, 4.69) is 46.8 Å².